The molecule has 3 nitrogen and oxygen atoms in total. The van der Waals surface area contributed by atoms with E-state index < -0.39 is 0 Å². The van der Waals surface area contributed by atoms with Crippen LogP contribution in [-0.2, 0) is 13.5 Å². The summed E-state index contributed by atoms with van der Waals surface area (Å²) in [7, 11) is 2.12. The molecule has 0 amide bonds. The van der Waals surface area contributed by atoms with Crippen molar-refractivity contribution in [2.24, 2.45) is 36.6 Å². The number of fused-ring (bicyclic) bond motifs is 1. The number of rotatable bonds is 12. The van der Waals surface area contributed by atoms with Crippen LogP contribution in [0.25, 0.3) is 10.9 Å². The van der Waals surface area contributed by atoms with Crippen molar-refractivity contribution in [1.29, 1.82) is 0 Å². The predicted molar refractivity (Wildman–Crippen MR) is 148 cm³/mol. The van der Waals surface area contributed by atoms with Crippen LogP contribution in [0.1, 0.15) is 65.0 Å². The summed E-state index contributed by atoms with van der Waals surface area (Å²) in [6, 6.07) is 10.1. The molecule has 0 radical (unpaired) electrons. The average molecular weight is 478 g/mol. The van der Waals surface area contributed by atoms with Gasteiger partial charge in [-0.2, -0.15) is 0 Å². The summed E-state index contributed by atoms with van der Waals surface area (Å²) in [5.74, 6) is 3.06. The Hall–Kier alpha value is -2.62. The number of benzene rings is 1. The standard InChI is InChI=1S/C31H44FN3/c1-20(2)26(16-25-10-13-30-29(17-25)23(6)19-35(30)8)11-9-22(5)15-28(21(3)4)24(7)34-31-14-12-27(32)18-33-31/h10,12-14,17-22,26,28H,7,9,11,15-16H2,1-6,8H3,(H,33,34). The van der Waals surface area contributed by atoms with Crippen molar-refractivity contribution in [2.75, 3.05) is 5.32 Å². The van der Waals surface area contributed by atoms with Crippen LogP contribution in [0.15, 0.2) is 55.0 Å². The number of aromatic nitrogens is 2. The smallest absolute Gasteiger partial charge is 0.141 e. The van der Waals surface area contributed by atoms with Gasteiger partial charge >= 0.3 is 0 Å². The predicted octanol–water partition coefficient (Wildman–Crippen LogP) is 8.54. The molecule has 0 aliphatic carbocycles. The summed E-state index contributed by atoms with van der Waals surface area (Å²) in [4.78, 5) is 4.14. The summed E-state index contributed by atoms with van der Waals surface area (Å²) >= 11 is 0. The normalized spacial score (nSPS) is 14.5. The third-order valence-corrected chi connectivity index (χ3v) is 7.65. The van der Waals surface area contributed by atoms with E-state index in [0.717, 1.165) is 18.5 Å². The van der Waals surface area contributed by atoms with Gasteiger partial charge in [0.15, 0.2) is 0 Å². The van der Waals surface area contributed by atoms with Gasteiger partial charge in [0.1, 0.15) is 11.6 Å². The number of nitrogens with one attached hydrogen (secondary N) is 1. The van der Waals surface area contributed by atoms with Gasteiger partial charge in [0.2, 0.25) is 0 Å². The highest BCUT2D eigenvalue weighted by Crippen LogP contribution is 2.32. The molecule has 3 rings (SSSR count). The van der Waals surface area contributed by atoms with E-state index in [1.54, 1.807) is 6.07 Å². The SMILES string of the molecule is C=C(Nc1ccc(F)cn1)C(CC(C)CCC(Cc1ccc2c(c1)c(C)cn2C)C(C)C)C(C)C. The zero-order valence-corrected chi connectivity index (χ0v) is 22.7. The lowest BCUT2D eigenvalue weighted by atomic mass is 9.79. The molecule has 35 heavy (non-hydrogen) atoms. The molecule has 0 fully saturated rings. The first-order chi connectivity index (χ1) is 16.5. The molecule has 0 spiro atoms. The van der Waals surface area contributed by atoms with Crippen LogP contribution in [0, 0.1) is 42.3 Å². The second kappa shape index (κ2) is 11.9. The molecule has 190 valence electrons. The maximum Gasteiger partial charge on any atom is 0.141 e. The summed E-state index contributed by atoms with van der Waals surface area (Å²) < 4.78 is 15.4. The molecule has 3 aromatic rings. The van der Waals surface area contributed by atoms with E-state index in [9.17, 15) is 4.39 Å². The van der Waals surface area contributed by atoms with Crippen molar-refractivity contribution in [2.45, 2.75) is 67.2 Å². The Kier molecular flexibility index (Phi) is 9.15. The molecule has 0 saturated carbocycles. The molecule has 0 aliphatic heterocycles. The maximum absolute atomic E-state index is 13.2. The highest BCUT2D eigenvalue weighted by Gasteiger charge is 2.22. The van der Waals surface area contributed by atoms with E-state index >= 15 is 0 Å². The average Bonchev–Trinajstić information content (AvgIpc) is 3.08. The van der Waals surface area contributed by atoms with Gasteiger partial charge in [-0.25, -0.2) is 9.37 Å². The van der Waals surface area contributed by atoms with E-state index in [-0.39, 0.29) is 5.82 Å². The molecule has 0 aliphatic rings. The summed E-state index contributed by atoms with van der Waals surface area (Å²) in [5, 5.41) is 4.70. The largest absolute Gasteiger partial charge is 0.350 e. The maximum atomic E-state index is 13.2. The molecule has 1 aromatic carbocycles. The lowest BCUT2D eigenvalue weighted by molar-refractivity contribution is 0.288. The van der Waals surface area contributed by atoms with E-state index in [2.05, 4.69) is 94.4 Å². The summed E-state index contributed by atoms with van der Waals surface area (Å²) in [5.41, 5.74) is 5.08. The second-order valence-corrected chi connectivity index (χ2v) is 11.3. The minimum Gasteiger partial charge on any atom is -0.350 e. The fraction of sp³-hybridized carbons (Fsp3) is 0.516. The van der Waals surface area contributed by atoms with Crippen LogP contribution in [-0.4, -0.2) is 9.55 Å². The van der Waals surface area contributed by atoms with Gasteiger partial charge < -0.3 is 9.88 Å². The number of allylic oxidation sites excluding steroid dienone is 1. The third kappa shape index (κ3) is 7.19. The van der Waals surface area contributed by atoms with Crippen LogP contribution in [0.5, 0.6) is 0 Å². The van der Waals surface area contributed by atoms with Gasteiger partial charge in [-0.15, -0.1) is 0 Å². The number of anilines is 1. The van der Waals surface area contributed by atoms with Crippen LogP contribution in [0.3, 0.4) is 0 Å². The number of hydrogen-bond acceptors (Lipinski definition) is 2. The van der Waals surface area contributed by atoms with Gasteiger partial charge in [0.05, 0.1) is 6.20 Å². The number of halogens is 1. The molecule has 2 aromatic heterocycles. The van der Waals surface area contributed by atoms with Crippen molar-refractivity contribution in [3.05, 3.63) is 71.9 Å². The number of hydrogen-bond donors (Lipinski definition) is 1. The topological polar surface area (TPSA) is 29.9 Å². The van der Waals surface area contributed by atoms with E-state index in [1.807, 2.05) is 0 Å². The Labute approximate surface area is 211 Å². The first-order valence-corrected chi connectivity index (χ1v) is 13.2. The zero-order chi connectivity index (χ0) is 25.7. The molecule has 2 heterocycles. The van der Waals surface area contributed by atoms with Crippen molar-refractivity contribution in [1.82, 2.24) is 9.55 Å². The molecule has 0 bridgehead atoms. The minimum atomic E-state index is -0.325. The lowest BCUT2D eigenvalue weighted by Crippen LogP contribution is -2.21. The number of aryl methyl sites for hydroxylation is 2. The second-order valence-electron chi connectivity index (χ2n) is 11.3. The fourth-order valence-corrected chi connectivity index (χ4v) is 5.31. The van der Waals surface area contributed by atoms with E-state index in [1.165, 1.54) is 47.1 Å². The Morgan fingerprint density at radius 2 is 1.80 bits per heavy atom. The molecule has 3 unspecified atom stereocenters. The lowest BCUT2D eigenvalue weighted by Gasteiger charge is -2.28. The van der Waals surface area contributed by atoms with Crippen molar-refractivity contribution >= 4 is 16.7 Å². The Morgan fingerprint density at radius 3 is 2.43 bits per heavy atom. The monoisotopic (exact) mass is 477 g/mol. The first-order valence-electron chi connectivity index (χ1n) is 13.2. The van der Waals surface area contributed by atoms with Gasteiger partial charge in [-0.3, -0.25) is 0 Å². The van der Waals surface area contributed by atoms with Crippen LogP contribution in [0.4, 0.5) is 10.2 Å². The highest BCUT2D eigenvalue weighted by atomic mass is 19.1. The Balaban J connectivity index is 1.59. The minimum absolute atomic E-state index is 0.325. The number of pyridine rings is 1. The first kappa shape index (κ1) is 27.0. The quantitative estimate of drug-likeness (QED) is 0.283. The van der Waals surface area contributed by atoms with Crippen LogP contribution in [0.2, 0.25) is 0 Å². The molecule has 4 heteroatoms. The van der Waals surface area contributed by atoms with Crippen molar-refractivity contribution in [3.63, 3.8) is 0 Å². The van der Waals surface area contributed by atoms with Crippen molar-refractivity contribution in [3.8, 4) is 0 Å². The molecule has 0 saturated heterocycles. The van der Waals surface area contributed by atoms with Gasteiger partial charge in [0, 0.05) is 35.8 Å². The Morgan fingerprint density at radius 1 is 1.06 bits per heavy atom. The fourth-order valence-electron chi connectivity index (χ4n) is 5.31. The van der Waals surface area contributed by atoms with E-state index in [4.69, 9.17) is 0 Å². The molecule has 3 atom stereocenters. The molecular formula is C31H44FN3. The molecular weight excluding hydrogens is 433 g/mol. The van der Waals surface area contributed by atoms with Crippen LogP contribution >= 0.6 is 0 Å². The van der Waals surface area contributed by atoms with Crippen LogP contribution < -0.4 is 5.32 Å². The van der Waals surface area contributed by atoms with Gasteiger partial charge in [-0.1, -0.05) is 53.7 Å². The Bertz CT molecular complexity index is 1110. The third-order valence-electron chi connectivity index (χ3n) is 7.65. The molecule has 1 N–H and O–H groups in total. The zero-order valence-electron chi connectivity index (χ0n) is 22.7. The number of nitrogens with zero attached hydrogens (tertiary/aromatic N) is 2. The van der Waals surface area contributed by atoms with E-state index in [0.29, 0.717) is 35.4 Å². The highest BCUT2D eigenvalue weighted by molar-refractivity contribution is 5.84. The van der Waals surface area contributed by atoms with Gasteiger partial charge in [-0.05, 0) is 85.3 Å². The van der Waals surface area contributed by atoms with Gasteiger partial charge in [0.25, 0.3) is 0 Å². The summed E-state index contributed by atoms with van der Waals surface area (Å²) in [6.45, 7) is 18.1. The van der Waals surface area contributed by atoms with Crippen molar-refractivity contribution < 1.29 is 4.39 Å². The summed E-state index contributed by atoms with van der Waals surface area (Å²) in [6.07, 6.45) is 8.12.